The standard InChI is InChI=1S/C63H41NO2/c1-63(2)55-22-12-10-20-49(55)50-31-29-42(37-56(50)63)64(41-27-24-39(25-28-41)38-14-4-3-5-15-38)43-35-52(40-26-30-48-46-18-7-6-16-44(46)45-17-8-9-19-47(45)53(48)34-40)62-54(36-43)61-59(66-62)33-32-58-60(61)51-21-11-13-23-57(51)65-58/h3-37H,1-2H3. The molecule has 0 amide bonds. The van der Waals surface area contributed by atoms with Crippen molar-refractivity contribution < 1.29 is 8.83 Å². The van der Waals surface area contributed by atoms with Gasteiger partial charge in [0, 0.05) is 49.6 Å². The molecule has 310 valence electrons. The van der Waals surface area contributed by atoms with E-state index in [2.05, 4.69) is 225 Å². The van der Waals surface area contributed by atoms with Crippen LogP contribution >= 0.6 is 0 Å². The maximum Gasteiger partial charge on any atom is 0.143 e. The first-order valence-electron chi connectivity index (χ1n) is 22.8. The second kappa shape index (κ2) is 13.8. The number of nitrogens with zero attached hydrogens (tertiary/aromatic N) is 1. The van der Waals surface area contributed by atoms with Gasteiger partial charge in [0.05, 0.1) is 0 Å². The minimum absolute atomic E-state index is 0.174. The Kier molecular flexibility index (Phi) is 7.74. The Morgan fingerprint density at radius 2 is 0.879 bits per heavy atom. The van der Waals surface area contributed by atoms with Gasteiger partial charge in [0.1, 0.15) is 22.3 Å². The van der Waals surface area contributed by atoms with Gasteiger partial charge in [-0.05, 0) is 132 Å². The zero-order valence-corrected chi connectivity index (χ0v) is 36.5. The van der Waals surface area contributed by atoms with Gasteiger partial charge in [0.2, 0.25) is 0 Å². The lowest BCUT2D eigenvalue weighted by Crippen LogP contribution is -2.16. The van der Waals surface area contributed by atoms with Gasteiger partial charge in [0.15, 0.2) is 0 Å². The number of para-hydroxylation sites is 1. The SMILES string of the molecule is CC1(C)c2ccccc2-c2ccc(N(c3ccc(-c4ccccc4)cc3)c3cc(-c4ccc5c6ccccc6c6ccccc6c5c4)c4oc5ccc6oc7ccccc7c6c5c4c3)cc21. The molecule has 0 atom stereocenters. The monoisotopic (exact) mass is 843 g/mol. The highest BCUT2D eigenvalue weighted by Crippen LogP contribution is 2.52. The predicted molar refractivity (Wildman–Crippen MR) is 277 cm³/mol. The van der Waals surface area contributed by atoms with Gasteiger partial charge >= 0.3 is 0 Å². The van der Waals surface area contributed by atoms with Crippen LogP contribution < -0.4 is 4.90 Å². The van der Waals surface area contributed by atoms with Crippen molar-refractivity contribution in [2.45, 2.75) is 19.3 Å². The highest BCUT2D eigenvalue weighted by atomic mass is 16.3. The summed E-state index contributed by atoms with van der Waals surface area (Å²) in [6.07, 6.45) is 0. The fourth-order valence-electron chi connectivity index (χ4n) is 11.3. The lowest BCUT2D eigenvalue weighted by molar-refractivity contribution is 0.660. The lowest BCUT2D eigenvalue weighted by Gasteiger charge is -2.29. The van der Waals surface area contributed by atoms with E-state index in [1.165, 1.54) is 65.7 Å². The summed E-state index contributed by atoms with van der Waals surface area (Å²) in [5.41, 5.74) is 16.2. The van der Waals surface area contributed by atoms with E-state index in [0.717, 1.165) is 72.1 Å². The van der Waals surface area contributed by atoms with Crippen molar-refractivity contribution in [3.05, 3.63) is 223 Å². The molecule has 2 heterocycles. The molecule has 0 aliphatic heterocycles. The third kappa shape index (κ3) is 5.31. The molecule has 13 aromatic rings. The van der Waals surface area contributed by atoms with Crippen LogP contribution in [0.5, 0.6) is 0 Å². The molecule has 0 saturated carbocycles. The van der Waals surface area contributed by atoms with Crippen molar-refractivity contribution in [2.24, 2.45) is 0 Å². The molecule has 0 unspecified atom stereocenters. The predicted octanol–water partition coefficient (Wildman–Crippen LogP) is 18.1. The molecule has 2 aromatic heterocycles. The number of rotatable bonds is 5. The molecule has 0 fully saturated rings. The minimum atomic E-state index is -0.174. The molecule has 0 radical (unpaired) electrons. The van der Waals surface area contributed by atoms with Gasteiger partial charge in [0.25, 0.3) is 0 Å². The fourth-order valence-corrected chi connectivity index (χ4v) is 11.3. The van der Waals surface area contributed by atoms with E-state index in [1.54, 1.807) is 0 Å². The second-order valence-corrected chi connectivity index (χ2v) is 18.4. The Morgan fingerprint density at radius 3 is 1.64 bits per heavy atom. The molecule has 11 aromatic carbocycles. The highest BCUT2D eigenvalue weighted by Gasteiger charge is 2.36. The Bertz CT molecular complexity index is 4100. The third-order valence-electron chi connectivity index (χ3n) is 14.4. The van der Waals surface area contributed by atoms with Crippen molar-refractivity contribution in [2.75, 3.05) is 4.90 Å². The summed E-state index contributed by atoms with van der Waals surface area (Å²) in [5.74, 6) is 0. The lowest BCUT2D eigenvalue weighted by atomic mass is 9.82. The molecule has 0 bridgehead atoms. The van der Waals surface area contributed by atoms with Gasteiger partial charge < -0.3 is 13.7 Å². The topological polar surface area (TPSA) is 29.5 Å². The van der Waals surface area contributed by atoms with Crippen LogP contribution in [0.2, 0.25) is 0 Å². The number of anilines is 3. The van der Waals surface area contributed by atoms with E-state index in [0.29, 0.717) is 0 Å². The molecule has 0 saturated heterocycles. The normalized spacial score (nSPS) is 13.1. The van der Waals surface area contributed by atoms with Crippen molar-refractivity contribution in [1.82, 2.24) is 0 Å². The Morgan fingerprint density at radius 1 is 0.318 bits per heavy atom. The molecular weight excluding hydrogens is 803 g/mol. The summed E-state index contributed by atoms with van der Waals surface area (Å²) >= 11 is 0. The molecule has 0 N–H and O–H groups in total. The zero-order chi connectivity index (χ0) is 43.7. The minimum Gasteiger partial charge on any atom is -0.456 e. The summed E-state index contributed by atoms with van der Waals surface area (Å²) in [7, 11) is 0. The number of hydrogen-bond donors (Lipinski definition) is 0. The largest absolute Gasteiger partial charge is 0.456 e. The molecule has 3 nitrogen and oxygen atoms in total. The smallest absolute Gasteiger partial charge is 0.143 e. The molecule has 0 spiro atoms. The molecule has 1 aliphatic carbocycles. The van der Waals surface area contributed by atoms with E-state index >= 15 is 0 Å². The quantitative estimate of drug-likeness (QED) is 0.162. The van der Waals surface area contributed by atoms with Gasteiger partial charge in [-0.1, -0.05) is 166 Å². The van der Waals surface area contributed by atoms with Crippen LogP contribution in [0, 0.1) is 0 Å². The second-order valence-electron chi connectivity index (χ2n) is 18.4. The van der Waals surface area contributed by atoms with Crippen molar-refractivity contribution >= 4 is 93.3 Å². The van der Waals surface area contributed by atoms with E-state index < -0.39 is 0 Å². The first-order valence-corrected chi connectivity index (χ1v) is 22.8. The number of benzene rings is 11. The molecule has 3 heteroatoms. The van der Waals surface area contributed by atoms with Crippen LogP contribution in [0.1, 0.15) is 25.0 Å². The average Bonchev–Trinajstić information content (AvgIpc) is 4.01. The highest BCUT2D eigenvalue weighted by molar-refractivity contribution is 6.28. The summed E-state index contributed by atoms with van der Waals surface area (Å²) in [6, 6.07) is 77.3. The number of hydrogen-bond acceptors (Lipinski definition) is 3. The van der Waals surface area contributed by atoms with Crippen LogP contribution in [0.4, 0.5) is 17.1 Å². The van der Waals surface area contributed by atoms with E-state index in [4.69, 9.17) is 8.83 Å². The molecular formula is C63H41NO2. The number of fused-ring (bicyclic) bond motifs is 16. The molecule has 14 rings (SSSR count). The third-order valence-corrected chi connectivity index (χ3v) is 14.4. The first kappa shape index (κ1) is 37.0. The molecule has 66 heavy (non-hydrogen) atoms. The zero-order valence-electron chi connectivity index (χ0n) is 36.5. The summed E-state index contributed by atoms with van der Waals surface area (Å²) < 4.78 is 13.6. The van der Waals surface area contributed by atoms with Crippen LogP contribution in [0.25, 0.3) is 110 Å². The van der Waals surface area contributed by atoms with Crippen LogP contribution in [0.15, 0.2) is 221 Å². The Hall–Kier alpha value is -8.40. The van der Waals surface area contributed by atoms with E-state index in [-0.39, 0.29) is 5.41 Å². The Labute approximate surface area is 381 Å². The van der Waals surface area contributed by atoms with Crippen molar-refractivity contribution in [1.29, 1.82) is 0 Å². The van der Waals surface area contributed by atoms with Gasteiger partial charge in [-0.3, -0.25) is 0 Å². The summed E-state index contributed by atoms with van der Waals surface area (Å²) in [5, 5.41) is 11.7. The van der Waals surface area contributed by atoms with Crippen molar-refractivity contribution in [3.63, 3.8) is 0 Å². The Balaban J connectivity index is 1.08. The van der Waals surface area contributed by atoms with Crippen LogP contribution in [0.3, 0.4) is 0 Å². The van der Waals surface area contributed by atoms with Crippen LogP contribution in [-0.4, -0.2) is 0 Å². The average molecular weight is 844 g/mol. The number of furan rings is 2. The van der Waals surface area contributed by atoms with Gasteiger partial charge in [-0.15, -0.1) is 0 Å². The summed E-state index contributed by atoms with van der Waals surface area (Å²) in [6.45, 7) is 4.71. The molecule has 1 aliphatic rings. The van der Waals surface area contributed by atoms with Crippen molar-refractivity contribution in [3.8, 4) is 33.4 Å². The fraction of sp³-hybridized carbons (Fsp3) is 0.0476. The van der Waals surface area contributed by atoms with Crippen LogP contribution in [-0.2, 0) is 5.41 Å². The maximum absolute atomic E-state index is 7.11. The maximum atomic E-state index is 7.11. The van der Waals surface area contributed by atoms with E-state index in [9.17, 15) is 0 Å². The van der Waals surface area contributed by atoms with Gasteiger partial charge in [-0.2, -0.15) is 0 Å². The van der Waals surface area contributed by atoms with E-state index in [1.807, 2.05) is 6.07 Å². The first-order chi connectivity index (χ1) is 32.5. The van der Waals surface area contributed by atoms with Gasteiger partial charge in [-0.25, -0.2) is 0 Å². The summed E-state index contributed by atoms with van der Waals surface area (Å²) in [4.78, 5) is 2.44.